The molecule has 0 fully saturated rings. The van der Waals surface area contributed by atoms with Crippen molar-refractivity contribution in [1.29, 1.82) is 0 Å². The molecule has 0 aliphatic carbocycles. The van der Waals surface area contributed by atoms with Crippen LogP contribution in [0.2, 0.25) is 0 Å². The van der Waals surface area contributed by atoms with Crippen LogP contribution in [0.15, 0.2) is 23.6 Å². The second kappa shape index (κ2) is 2.13. The predicted octanol–water partition coefficient (Wildman–Crippen LogP) is 2.19. The number of thiophene rings is 1. The van der Waals surface area contributed by atoms with Gasteiger partial charge in [0.05, 0.1) is 0 Å². The van der Waals surface area contributed by atoms with E-state index >= 15 is 0 Å². The minimum Gasteiger partial charge on any atom is -0.506 e. The van der Waals surface area contributed by atoms with Crippen molar-refractivity contribution in [2.75, 3.05) is 5.73 Å². The molecule has 11 heavy (non-hydrogen) atoms. The number of hydrogen-bond acceptors (Lipinski definition) is 3. The molecule has 3 heteroatoms. The first kappa shape index (κ1) is 6.49. The van der Waals surface area contributed by atoms with Gasteiger partial charge in [-0.15, -0.1) is 11.3 Å². The lowest BCUT2D eigenvalue weighted by Crippen LogP contribution is -1.80. The van der Waals surface area contributed by atoms with Gasteiger partial charge in [-0.25, -0.2) is 0 Å². The third-order valence-corrected chi connectivity index (χ3v) is 2.51. The summed E-state index contributed by atoms with van der Waals surface area (Å²) in [4.78, 5) is 0. The van der Waals surface area contributed by atoms with Crippen molar-refractivity contribution in [3.05, 3.63) is 23.6 Å². The molecule has 1 heterocycles. The molecule has 0 saturated heterocycles. The Balaban J connectivity index is 2.86. The fraction of sp³-hybridized carbons (Fsp3) is 0. The maximum Gasteiger partial charge on any atom is 0.134 e. The zero-order valence-corrected chi connectivity index (χ0v) is 6.56. The summed E-state index contributed by atoms with van der Waals surface area (Å²) in [5.74, 6) is 0.338. The Morgan fingerprint density at radius 2 is 2.18 bits per heavy atom. The van der Waals surface area contributed by atoms with Gasteiger partial charge in [0.25, 0.3) is 0 Å². The number of benzene rings is 1. The van der Waals surface area contributed by atoms with E-state index in [4.69, 9.17) is 5.73 Å². The molecule has 0 atom stereocenters. The zero-order chi connectivity index (χ0) is 7.84. The van der Waals surface area contributed by atoms with Gasteiger partial charge in [-0.3, -0.25) is 0 Å². The Morgan fingerprint density at radius 1 is 1.36 bits per heavy atom. The zero-order valence-electron chi connectivity index (χ0n) is 5.74. The predicted molar refractivity (Wildman–Crippen MR) is 47.9 cm³/mol. The highest BCUT2D eigenvalue weighted by atomic mass is 32.1. The highest BCUT2D eigenvalue weighted by Crippen LogP contribution is 2.31. The number of anilines is 1. The minimum atomic E-state index is 0.338. The van der Waals surface area contributed by atoms with Crippen LogP contribution in [0.4, 0.5) is 5.69 Å². The Hall–Kier alpha value is -1.22. The van der Waals surface area contributed by atoms with Crippen molar-refractivity contribution < 1.29 is 5.11 Å². The van der Waals surface area contributed by atoms with Gasteiger partial charge in [0.15, 0.2) is 0 Å². The number of rotatable bonds is 0. The Kier molecular flexibility index (Phi) is 1.26. The normalized spacial score (nSPS) is 10.5. The molecular weight excluding hydrogens is 158 g/mol. The average molecular weight is 165 g/mol. The first-order valence-corrected chi connectivity index (χ1v) is 4.11. The maximum atomic E-state index is 9.27. The smallest absolute Gasteiger partial charge is 0.134 e. The highest BCUT2D eigenvalue weighted by Gasteiger charge is 2.00. The third kappa shape index (κ3) is 0.935. The summed E-state index contributed by atoms with van der Waals surface area (Å²) >= 11 is 1.50. The van der Waals surface area contributed by atoms with Gasteiger partial charge >= 0.3 is 0 Å². The standard InChI is InChI=1S/C8H7NOS/c9-5-1-2-6-7(10)4-11-8(6)3-5/h1-4,10H,9H2. The van der Waals surface area contributed by atoms with Crippen molar-refractivity contribution in [2.24, 2.45) is 0 Å². The first-order valence-electron chi connectivity index (χ1n) is 3.23. The molecule has 0 radical (unpaired) electrons. The Labute approximate surface area is 67.9 Å². The van der Waals surface area contributed by atoms with Crippen LogP contribution in [0.3, 0.4) is 0 Å². The average Bonchev–Trinajstić information content (AvgIpc) is 2.32. The Bertz CT molecular complexity index is 394. The molecule has 0 amide bonds. The molecule has 0 aliphatic heterocycles. The van der Waals surface area contributed by atoms with Gasteiger partial charge in [-0.1, -0.05) is 0 Å². The lowest BCUT2D eigenvalue weighted by Gasteiger charge is -1.92. The van der Waals surface area contributed by atoms with Crippen molar-refractivity contribution in [1.82, 2.24) is 0 Å². The van der Waals surface area contributed by atoms with Gasteiger partial charge < -0.3 is 10.8 Å². The molecule has 56 valence electrons. The first-order chi connectivity index (χ1) is 5.27. The van der Waals surface area contributed by atoms with Crippen molar-refractivity contribution >= 4 is 27.1 Å². The van der Waals surface area contributed by atoms with E-state index in [2.05, 4.69) is 0 Å². The maximum absolute atomic E-state index is 9.27. The van der Waals surface area contributed by atoms with Gasteiger partial charge in [0, 0.05) is 21.2 Å². The molecule has 0 bridgehead atoms. The van der Waals surface area contributed by atoms with Gasteiger partial charge in [0.2, 0.25) is 0 Å². The van der Waals surface area contributed by atoms with Crippen LogP contribution in [0.25, 0.3) is 10.1 Å². The van der Waals surface area contributed by atoms with E-state index in [1.807, 2.05) is 12.1 Å². The Morgan fingerprint density at radius 3 is 3.00 bits per heavy atom. The van der Waals surface area contributed by atoms with E-state index in [-0.39, 0.29) is 0 Å². The van der Waals surface area contributed by atoms with Crippen molar-refractivity contribution in [2.45, 2.75) is 0 Å². The van der Waals surface area contributed by atoms with Crippen LogP contribution >= 0.6 is 11.3 Å². The third-order valence-electron chi connectivity index (χ3n) is 1.58. The number of nitrogen functional groups attached to an aromatic ring is 1. The largest absolute Gasteiger partial charge is 0.506 e. The van der Waals surface area contributed by atoms with Crippen LogP contribution < -0.4 is 5.73 Å². The minimum absolute atomic E-state index is 0.338. The van der Waals surface area contributed by atoms with Gasteiger partial charge in [-0.05, 0) is 18.2 Å². The molecule has 2 rings (SSSR count). The lowest BCUT2D eigenvalue weighted by atomic mass is 10.2. The summed E-state index contributed by atoms with van der Waals surface area (Å²) < 4.78 is 1.03. The number of fused-ring (bicyclic) bond motifs is 1. The molecule has 2 aromatic rings. The number of aromatic hydroxyl groups is 1. The highest BCUT2D eigenvalue weighted by molar-refractivity contribution is 7.17. The summed E-state index contributed by atoms with van der Waals surface area (Å²) in [5, 5.41) is 11.9. The summed E-state index contributed by atoms with van der Waals surface area (Å²) in [6, 6.07) is 5.48. The second-order valence-electron chi connectivity index (χ2n) is 2.38. The van der Waals surface area contributed by atoms with E-state index in [9.17, 15) is 5.11 Å². The quantitative estimate of drug-likeness (QED) is 0.588. The molecule has 3 N–H and O–H groups in total. The van der Waals surface area contributed by atoms with Gasteiger partial charge in [0.1, 0.15) is 5.75 Å². The van der Waals surface area contributed by atoms with Crippen LogP contribution in [-0.2, 0) is 0 Å². The monoisotopic (exact) mass is 165 g/mol. The van der Waals surface area contributed by atoms with E-state index in [1.54, 1.807) is 11.4 Å². The summed E-state index contributed by atoms with van der Waals surface area (Å²) in [5.41, 5.74) is 6.29. The molecule has 0 saturated carbocycles. The molecule has 1 aromatic heterocycles. The molecule has 0 aliphatic rings. The van der Waals surface area contributed by atoms with Crippen LogP contribution in [0, 0.1) is 0 Å². The molecular formula is C8H7NOS. The van der Waals surface area contributed by atoms with Gasteiger partial charge in [-0.2, -0.15) is 0 Å². The summed E-state index contributed by atoms with van der Waals surface area (Å²) in [6.07, 6.45) is 0. The second-order valence-corrected chi connectivity index (χ2v) is 3.29. The molecule has 2 nitrogen and oxygen atoms in total. The molecule has 0 unspecified atom stereocenters. The summed E-state index contributed by atoms with van der Waals surface area (Å²) in [7, 11) is 0. The van der Waals surface area contributed by atoms with Crippen LogP contribution in [0.5, 0.6) is 5.75 Å². The molecule has 0 spiro atoms. The topological polar surface area (TPSA) is 46.2 Å². The van der Waals surface area contributed by atoms with Crippen molar-refractivity contribution in [3.63, 3.8) is 0 Å². The fourth-order valence-corrected chi connectivity index (χ4v) is 1.90. The van der Waals surface area contributed by atoms with E-state index in [0.29, 0.717) is 5.75 Å². The fourth-order valence-electron chi connectivity index (χ4n) is 1.03. The van der Waals surface area contributed by atoms with Crippen molar-refractivity contribution in [3.8, 4) is 5.75 Å². The lowest BCUT2D eigenvalue weighted by molar-refractivity contribution is 0.484. The molecule has 1 aromatic carbocycles. The van der Waals surface area contributed by atoms with E-state index in [0.717, 1.165) is 15.8 Å². The summed E-state index contributed by atoms with van der Waals surface area (Å²) in [6.45, 7) is 0. The SMILES string of the molecule is Nc1ccc2c(O)csc2c1. The number of nitrogens with two attached hydrogens (primary N) is 1. The van der Waals surface area contributed by atoms with Crippen LogP contribution in [-0.4, -0.2) is 5.11 Å². The van der Waals surface area contributed by atoms with E-state index in [1.165, 1.54) is 11.3 Å². The van der Waals surface area contributed by atoms with Crippen LogP contribution in [0.1, 0.15) is 0 Å². The van der Waals surface area contributed by atoms with E-state index < -0.39 is 0 Å². The number of hydrogen-bond donors (Lipinski definition) is 2.